The van der Waals surface area contributed by atoms with Crippen LogP contribution in [0.2, 0.25) is 0 Å². The Bertz CT molecular complexity index is 1040. The Morgan fingerprint density at radius 3 is 2.55 bits per heavy atom. The quantitative estimate of drug-likeness (QED) is 0.700. The molecule has 4 atom stereocenters. The third kappa shape index (κ3) is 3.51. The molecule has 1 spiro atoms. The van der Waals surface area contributed by atoms with E-state index in [1.165, 1.54) is 38.4 Å². The lowest BCUT2D eigenvalue weighted by molar-refractivity contribution is -0.127. The van der Waals surface area contributed by atoms with Crippen molar-refractivity contribution in [3.05, 3.63) is 36.2 Å². The van der Waals surface area contributed by atoms with Gasteiger partial charge in [-0.15, -0.1) is 0 Å². The summed E-state index contributed by atoms with van der Waals surface area (Å²) in [5.41, 5.74) is 2.80. The zero-order valence-corrected chi connectivity index (χ0v) is 19.2. The lowest BCUT2D eigenvalue weighted by atomic mass is 9.78. The van der Waals surface area contributed by atoms with Crippen LogP contribution in [-0.4, -0.2) is 55.3 Å². The number of fused-ring (bicyclic) bond motifs is 2. The van der Waals surface area contributed by atoms with Gasteiger partial charge in [-0.2, -0.15) is 0 Å². The average molecular weight is 450 g/mol. The predicted octanol–water partition coefficient (Wildman–Crippen LogP) is 3.23. The van der Waals surface area contributed by atoms with Crippen molar-refractivity contribution < 1.29 is 14.3 Å². The minimum atomic E-state index is -0.176. The summed E-state index contributed by atoms with van der Waals surface area (Å²) < 4.78 is 10.8. The van der Waals surface area contributed by atoms with Gasteiger partial charge in [0.1, 0.15) is 11.9 Å². The third-order valence-electron chi connectivity index (χ3n) is 8.23. The highest BCUT2D eigenvalue weighted by Gasteiger charge is 2.49. The van der Waals surface area contributed by atoms with E-state index in [4.69, 9.17) is 9.47 Å². The van der Waals surface area contributed by atoms with Crippen molar-refractivity contribution in [2.45, 2.75) is 32.2 Å². The van der Waals surface area contributed by atoms with Crippen molar-refractivity contribution in [2.75, 3.05) is 43.6 Å². The summed E-state index contributed by atoms with van der Waals surface area (Å²) >= 11 is 0. The largest absolute Gasteiger partial charge is 0.480 e. The number of nitrogens with zero attached hydrogens (tertiary/aromatic N) is 3. The number of nitrogens with one attached hydrogen (secondary N) is 2. The number of benzene rings is 1. The number of hydrogen-bond acceptors (Lipinski definition) is 7. The van der Waals surface area contributed by atoms with Crippen molar-refractivity contribution in [2.24, 2.45) is 23.2 Å². The highest BCUT2D eigenvalue weighted by molar-refractivity contribution is 6.01. The van der Waals surface area contributed by atoms with Gasteiger partial charge in [-0.3, -0.25) is 4.79 Å². The molecule has 1 aromatic carbocycles. The second-order valence-electron chi connectivity index (χ2n) is 10.3. The van der Waals surface area contributed by atoms with Crippen molar-refractivity contribution in [1.29, 1.82) is 0 Å². The summed E-state index contributed by atoms with van der Waals surface area (Å²) in [5.74, 6) is 2.36. The zero-order valence-electron chi connectivity index (χ0n) is 19.2. The van der Waals surface area contributed by atoms with Crippen molar-refractivity contribution in [3.63, 3.8) is 0 Å². The van der Waals surface area contributed by atoms with Crippen LogP contribution in [-0.2, 0) is 4.74 Å². The number of hydrogen-bond donors (Lipinski definition) is 2. The Balaban J connectivity index is 1.18. The Labute approximate surface area is 194 Å². The van der Waals surface area contributed by atoms with E-state index in [0.717, 1.165) is 37.9 Å². The van der Waals surface area contributed by atoms with E-state index >= 15 is 0 Å². The summed E-state index contributed by atoms with van der Waals surface area (Å²) in [7, 11) is 1.53. The van der Waals surface area contributed by atoms with Gasteiger partial charge in [-0.05, 0) is 61.3 Å². The van der Waals surface area contributed by atoms with E-state index in [1.807, 2.05) is 12.1 Å². The molecule has 4 aliphatic rings. The molecule has 4 fully saturated rings. The van der Waals surface area contributed by atoms with Crippen LogP contribution in [0.4, 0.5) is 17.2 Å². The van der Waals surface area contributed by atoms with Crippen LogP contribution in [0.5, 0.6) is 5.88 Å². The van der Waals surface area contributed by atoms with Crippen molar-refractivity contribution in [1.82, 2.24) is 15.3 Å². The lowest BCUT2D eigenvalue weighted by Gasteiger charge is -2.56. The van der Waals surface area contributed by atoms with Crippen LogP contribution >= 0.6 is 0 Å². The number of carbonyl (C=O) groups excluding carboxylic acids is 1. The van der Waals surface area contributed by atoms with Gasteiger partial charge in [0.05, 0.1) is 25.7 Å². The number of ether oxygens (including phenoxy) is 2. The summed E-state index contributed by atoms with van der Waals surface area (Å²) in [6.45, 7) is 6.12. The van der Waals surface area contributed by atoms with Crippen LogP contribution in [0.25, 0.3) is 0 Å². The highest BCUT2D eigenvalue weighted by atomic mass is 16.5. The molecule has 1 amide bonds. The number of methoxy groups -OCH3 is 1. The first kappa shape index (κ1) is 20.7. The van der Waals surface area contributed by atoms with Crippen LogP contribution in [0.1, 0.15) is 36.5 Å². The molecule has 2 bridgehead atoms. The van der Waals surface area contributed by atoms with Crippen LogP contribution in [0.3, 0.4) is 0 Å². The predicted molar refractivity (Wildman–Crippen MR) is 125 cm³/mol. The summed E-state index contributed by atoms with van der Waals surface area (Å²) in [6, 6.07) is 8.44. The van der Waals surface area contributed by atoms with Crippen molar-refractivity contribution in [3.8, 4) is 5.88 Å². The Hall–Kier alpha value is -2.87. The molecule has 2 N–H and O–H groups in total. The fourth-order valence-corrected chi connectivity index (χ4v) is 6.29. The minimum Gasteiger partial charge on any atom is -0.480 e. The minimum absolute atomic E-state index is 0.176. The molecule has 8 nitrogen and oxygen atoms in total. The molecule has 2 aromatic rings. The zero-order chi connectivity index (χ0) is 22.6. The lowest BCUT2D eigenvalue weighted by Crippen LogP contribution is -2.66. The van der Waals surface area contributed by atoms with E-state index in [2.05, 4.69) is 44.6 Å². The van der Waals surface area contributed by atoms with Gasteiger partial charge in [0.2, 0.25) is 5.88 Å². The first-order chi connectivity index (χ1) is 16.0. The maximum Gasteiger partial charge on any atom is 0.260 e. The van der Waals surface area contributed by atoms with Gasteiger partial charge in [0, 0.05) is 30.5 Å². The molecule has 3 unspecified atom stereocenters. The molecule has 0 radical (unpaired) electrons. The fourth-order valence-electron chi connectivity index (χ4n) is 6.29. The molecule has 33 heavy (non-hydrogen) atoms. The molecular formula is C25H31N5O3. The second-order valence-corrected chi connectivity index (χ2v) is 10.3. The van der Waals surface area contributed by atoms with E-state index < -0.39 is 0 Å². The molecule has 3 heterocycles. The average Bonchev–Trinajstić information content (AvgIpc) is 3.35. The van der Waals surface area contributed by atoms with Crippen molar-refractivity contribution >= 4 is 23.1 Å². The smallest absolute Gasteiger partial charge is 0.260 e. The molecule has 2 saturated carbocycles. The standard InChI is InChI=1S/C25H31N5O3/c1-15-16-3-4-17(9-16)21(15)29-23(31)20-22(26-14-27-24(20)32-2)28-18-5-7-19(8-6-18)30-10-25(11-30)12-33-13-25/h5-8,14-17,21H,3-4,9-13H2,1-2H3,(H,29,31)(H,26,27,28)/t15?,16-,17?,21?/m1/s1. The monoisotopic (exact) mass is 449 g/mol. The summed E-state index contributed by atoms with van der Waals surface area (Å²) in [5, 5.41) is 6.59. The van der Waals surface area contributed by atoms with Gasteiger partial charge in [-0.25, -0.2) is 9.97 Å². The van der Waals surface area contributed by atoms with E-state index in [1.54, 1.807) is 0 Å². The van der Waals surface area contributed by atoms with Crippen LogP contribution in [0.15, 0.2) is 30.6 Å². The molecule has 2 aliphatic heterocycles. The Kier molecular flexibility index (Phi) is 4.94. The number of aromatic nitrogens is 2. The molecule has 2 aliphatic carbocycles. The van der Waals surface area contributed by atoms with E-state index in [9.17, 15) is 4.79 Å². The molecular weight excluding hydrogens is 418 g/mol. The molecule has 2 saturated heterocycles. The van der Waals surface area contributed by atoms with Crippen LogP contribution in [0, 0.1) is 23.2 Å². The Morgan fingerprint density at radius 2 is 1.91 bits per heavy atom. The maximum absolute atomic E-state index is 13.4. The van der Waals surface area contributed by atoms with Gasteiger partial charge < -0.3 is 25.0 Å². The molecule has 6 rings (SSSR count). The number of carbonyl (C=O) groups is 1. The topological polar surface area (TPSA) is 88.6 Å². The first-order valence-electron chi connectivity index (χ1n) is 11.9. The third-order valence-corrected chi connectivity index (χ3v) is 8.23. The molecule has 1 aromatic heterocycles. The number of rotatable bonds is 6. The van der Waals surface area contributed by atoms with Gasteiger partial charge in [0.15, 0.2) is 5.82 Å². The van der Waals surface area contributed by atoms with Crippen LogP contribution < -0.4 is 20.3 Å². The summed E-state index contributed by atoms with van der Waals surface area (Å²) in [4.78, 5) is 24.3. The van der Waals surface area contributed by atoms with E-state index in [-0.39, 0.29) is 17.8 Å². The first-order valence-corrected chi connectivity index (χ1v) is 11.9. The normalized spacial score (nSPS) is 28.8. The van der Waals surface area contributed by atoms with Gasteiger partial charge in [-0.1, -0.05) is 6.92 Å². The number of amides is 1. The Morgan fingerprint density at radius 1 is 1.15 bits per heavy atom. The van der Waals surface area contributed by atoms with E-state index in [0.29, 0.717) is 28.6 Å². The highest BCUT2D eigenvalue weighted by Crippen LogP contribution is 2.48. The summed E-state index contributed by atoms with van der Waals surface area (Å²) in [6.07, 6.45) is 5.12. The molecule has 8 heteroatoms. The number of anilines is 3. The maximum atomic E-state index is 13.4. The van der Waals surface area contributed by atoms with Gasteiger partial charge >= 0.3 is 0 Å². The second kappa shape index (κ2) is 7.87. The van der Waals surface area contributed by atoms with Gasteiger partial charge in [0.25, 0.3) is 5.91 Å². The SMILES string of the molecule is COc1ncnc(Nc2ccc(N3CC4(COC4)C3)cc2)c1C(=O)NC1C2CC[C@H](C2)C1C. The fraction of sp³-hybridized carbons (Fsp3) is 0.560. The molecule has 174 valence electrons.